The van der Waals surface area contributed by atoms with E-state index in [0.717, 1.165) is 23.0 Å². The summed E-state index contributed by atoms with van der Waals surface area (Å²) in [6.07, 6.45) is 2.60. The Hall–Kier alpha value is -3.41. The van der Waals surface area contributed by atoms with E-state index >= 15 is 0 Å². The molecule has 1 aromatic heterocycles. The second-order valence-corrected chi connectivity index (χ2v) is 6.12. The minimum Gasteiger partial charge on any atom is -0.338 e. The summed E-state index contributed by atoms with van der Waals surface area (Å²) >= 11 is 0. The minimum atomic E-state index is -0.205. The number of nitrogens with zero attached hydrogens (tertiary/aromatic N) is 2. The van der Waals surface area contributed by atoms with Gasteiger partial charge < -0.3 is 10.6 Å². The quantitative estimate of drug-likeness (QED) is 0.763. The number of anilines is 2. The predicted molar refractivity (Wildman–Crippen MR) is 101 cm³/mol. The molecule has 1 aliphatic heterocycles. The molecule has 3 aromatic rings. The van der Waals surface area contributed by atoms with Crippen molar-refractivity contribution in [3.05, 3.63) is 66.4 Å². The van der Waals surface area contributed by atoms with E-state index in [-0.39, 0.29) is 11.9 Å². The molecular weight excluding hydrogens is 328 g/mol. The lowest BCUT2D eigenvalue weighted by atomic mass is 10.1. The van der Waals surface area contributed by atoms with Crippen molar-refractivity contribution in [2.75, 3.05) is 23.3 Å². The normalized spacial score (nSPS) is 14.2. The Balaban J connectivity index is 1.60. The SMILES string of the molecule is O=C(Nc1cccc(N2CCCNC2=O)c1)c1cccc2ncccc12. The predicted octanol–water partition coefficient (Wildman–Crippen LogP) is 3.41. The highest BCUT2D eigenvalue weighted by atomic mass is 16.2. The van der Waals surface area contributed by atoms with Crippen LogP contribution in [0.15, 0.2) is 60.8 Å². The van der Waals surface area contributed by atoms with Crippen molar-refractivity contribution in [1.82, 2.24) is 10.3 Å². The Bertz CT molecular complexity index is 981. The standard InChI is InChI=1S/C20H18N4O2/c25-19(17-7-2-9-18-16(17)8-3-10-21-18)23-14-5-1-6-15(13-14)24-12-4-11-22-20(24)26/h1-3,5-10,13H,4,11-12H2,(H,22,26)(H,23,25). The smallest absolute Gasteiger partial charge is 0.321 e. The molecule has 2 N–H and O–H groups in total. The van der Waals surface area contributed by atoms with E-state index in [9.17, 15) is 9.59 Å². The number of hydrogen-bond acceptors (Lipinski definition) is 3. The number of rotatable bonds is 3. The maximum Gasteiger partial charge on any atom is 0.321 e. The lowest BCUT2D eigenvalue weighted by molar-refractivity contribution is 0.102. The van der Waals surface area contributed by atoms with E-state index in [1.165, 1.54) is 0 Å². The van der Waals surface area contributed by atoms with Crippen molar-refractivity contribution < 1.29 is 9.59 Å². The fourth-order valence-corrected chi connectivity index (χ4v) is 3.13. The maximum atomic E-state index is 12.7. The second kappa shape index (κ2) is 6.84. The van der Waals surface area contributed by atoms with E-state index < -0.39 is 0 Å². The zero-order chi connectivity index (χ0) is 17.9. The third-order valence-corrected chi connectivity index (χ3v) is 4.39. The molecule has 26 heavy (non-hydrogen) atoms. The van der Waals surface area contributed by atoms with Crippen LogP contribution in [-0.2, 0) is 0 Å². The molecule has 1 saturated heterocycles. The molecular formula is C20H18N4O2. The van der Waals surface area contributed by atoms with Crippen molar-refractivity contribution in [2.45, 2.75) is 6.42 Å². The summed E-state index contributed by atoms with van der Waals surface area (Å²) in [5.41, 5.74) is 2.75. The van der Waals surface area contributed by atoms with Crippen LogP contribution in [0.4, 0.5) is 16.2 Å². The lowest BCUT2D eigenvalue weighted by Crippen LogP contribution is -2.46. The molecule has 3 amide bonds. The van der Waals surface area contributed by atoms with E-state index in [4.69, 9.17) is 0 Å². The number of amides is 3. The van der Waals surface area contributed by atoms with Crippen LogP contribution in [0.1, 0.15) is 16.8 Å². The van der Waals surface area contributed by atoms with E-state index in [1.807, 2.05) is 48.5 Å². The molecule has 2 heterocycles. The highest BCUT2D eigenvalue weighted by Gasteiger charge is 2.19. The number of aromatic nitrogens is 1. The van der Waals surface area contributed by atoms with Crippen LogP contribution in [-0.4, -0.2) is 30.0 Å². The first kappa shape index (κ1) is 16.1. The largest absolute Gasteiger partial charge is 0.338 e. The summed E-state index contributed by atoms with van der Waals surface area (Å²) < 4.78 is 0. The van der Waals surface area contributed by atoms with Crippen LogP contribution >= 0.6 is 0 Å². The average molecular weight is 346 g/mol. The maximum absolute atomic E-state index is 12.7. The summed E-state index contributed by atoms with van der Waals surface area (Å²) in [6, 6.07) is 16.4. The third kappa shape index (κ3) is 3.09. The molecule has 130 valence electrons. The summed E-state index contributed by atoms with van der Waals surface area (Å²) in [5, 5.41) is 6.55. The number of nitrogens with one attached hydrogen (secondary N) is 2. The highest BCUT2D eigenvalue weighted by molar-refractivity contribution is 6.12. The number of urea groups is 1. The van der Waals surface area contributed by atoms with E-state index in [2.05, 4.69) is 15.6 Å². The number of carbonyl (C=O) groups excluding carboxylic acids is 2. The minimum absolute atomic E-state index is 0.111. The van der Waals surface area contributed by atoms with Gasteiger partial charge in [0, 0.05) is 41.6 Å². The molecule has 0 saturated carbocycles. The second-order valence-electron chi connectivity index (χ2n) is 6.12. The summed E-state index contributed by atoms with van der Waals surface area (Å²) in [6.45, 7) is 1.36. The molecule has 4 rings (SSSR count). The number of carbonyl (C=O) groups is 2. The first-order chi connectivity index (χ1) is 12.7. The van der Waals surface area contributed by atoms with Gasteiger partial charge in [-0.1, -0.05) is 18.2 Å². The van der Waals surface area contributed by atoms with Gasteiger partial charge in [-0.05, 0) is 42.8 Å². The topological polar surface area (TPSA) is 74.3 Å². The fourth-order valence-electron chi connectivity index (χ4n) is 3.13. The molecule has 2 aromatic carbocycles. The van der Waals surface area contributed by atoms with Gasteiger partial charge in [0.1, 0.15) is 0 Å². The van der Waals surface area contributed by atoms with E-state index in [1.54, 1.807) is 17.2 Å². The molecule has 0 unspecified atom stereocenters. The van der Waals surface area contributed by atoms with Crippen molar-refractivity contribution >= 4 is 34.2 Å². The number of fused-ring (bicyclic) bond motifs is 1. The van der Waals surface area contributed by atoms with Crippen LogP contribution in [0.25, 0.3) is 10.9 Å². The zero-order valence-corrected chi connectivity index (χ0v) is 14.1. The van der Waals surface area contributed by atoms with Gasteiger partial charge in [-0.2, -0.15) is 0 Å². The molecule has 0 radical (unpaired) electrons. The highest BCUT2D eigenvalue weighted by Crippen LogP contribution is 2.23. The van der Waals surface area contributed by atoms with Gasteiger partial charge in [-0.3, -0.25) is 14.7 Å². The Labute approximate surface area is 150 Å². The Morgan fingerprint density at radius 3 is 2.88 bits per heavy atom. The molecule has 6 nitrogen and oxygen atoms in total. The molecule has 0 aliphatic carbocycles. The molecule has 1 fully saturated rings. The summed E-state index contributed by atoms with van der Waals surface area (Å²) in [4.78, 5) is 30.7. The van der Waals surface area contributed by atoms with Gasteiger partial charge in [0.25, 0.3) is 5.91 Å². The summed E-state index contributed by atoms with van der Waals surface area (Å²) in [7, 11) is 0. The van der Waals surface area contributed by atoms with Crippen LogP contribution in [0.2, 0.25) is 0 Å². The lowest BCUT2D eigenvalue weighted by Gasteiger charge is -2.27. The van der Waals surface area contributed by atoms with Crippen molar-refractivity contribution in [2.24, 2.45) is 0 Å². The van der Waals surface area contributed by atoms with Crippen LogP contribution in [0.3, 0.4) is 0 Å². The first-order valence-corrected chi connectivity index (χ1v) is 8.53. The molecule has 6 heteroatoms. The fraction of sp³-hybridized carbons (Fsp3) is 0.150. The van der Waals surface area contributed by atoms with Gasteiger partial charge >= 0.3 is 6.03 Å². The molecule has 1 aliphatic rings. The van der Waals surface area contributed by atoms with Crippen LogP contribution < -0.4 is 15.5 Å². The van der Waals surface area contributed by atoms with Crippen LogP contribution in [0, 0.1) is 0 Å². The molecule has 0 spiro atoms. The van der Waals surface area contributed by atoms with Gasteiger partial charge in [0.2, 0.25) is 0 Å². The van der Waals surface area contributed by atoms with Gasteiger partial charge in [0.05, 0.1) is 5.52 Å². The number of pyridine rings is 1. The number of hydrogen-bond donors (Lipinski definition) is 2. The zero-order valence-electron chi connectivity index (χ0n) is 14.1. The van der Waals surface area contributed by atoms with Gasteiger partial charge in [-0.15, -0.1) is 0 Å². The van der Waals surface area contributed by atoms with Crippen molar-refractivity contribution in [3.8, 4) is 0 Å². The van der Waals surface area contributed by atoms with Gasteiger partial charge in [0.15, 0.2) is 0 Å². The van der Waals surface area contributed by atoms with E-state index in [0.29, 0.717) is 24.3 Å². The monoisotopic (exact) mass is 346 g/mol. The number of benzene rings is 2. The molecule has 0 bridgehead atoms. The summed E-state index contributed by atoms with van der Waals surface area (Å²) in [5.74, 6) is -0.205. The van der Waals surface area contributed by atoms with Crippen molar-refractivity contribution in [3.63, 3.8) is 0 Å². The van der Waals surface area contributed by atoms with Crippen molar-refractivity contribution in [1.29, 1.82) is 0 Å². The third-order valence-electron chi connectivity index (χ3n) is 4.39. The molecule has 0 atom stereocenters. The van der Waals surface area contributed by atoms with Crippen LogP contribution in [0.5, 0.6) is 0 Å². The average Bonchev–Trinajstić information content (AvgIpc) is 2.68. The Morgan fingerprint density at radius 2 is 2.00 bits per heavy atom. The first-order valence-electron chi connectivity index (χ1n) is 8.53. The van der Waals surface area contributed by atoms with Gasteiger partial charge in [-0.25, -0.2) is 4.79 Å². The Morgan fingerprint density at radius 1 is 1.12 bits per heavy atom. The Kier molecular flexibility index (Phi) is 4.23.